The molecular weight excluding hydrogens is 240 g/mol. The average Bonchev–Trinajstić information content (AvgIpc) is 3.17. The van der Waals surface area contributed by atoms with E-state index in [-0.39, 0.29) is 0 Å². The van der Waals surface area contributed by atoms with Gasteiger partial charge in [0, 0.05) is 44.5 Å². The second kappa shape index (κ2) is 5.26. The first-order chi connectivity index (χ1) is 9.35. The lowest BCUT2D eigenvalue weighted by Gasteiger charge is -2.09. The van der Waals surface area contributed by atoms with Crippen molar-refractivity contribution in [3.8, 4) is 0 Å². The molecular formula is C13H18N6. The molecule has 1 fully saturated rings. The van der Waals surface area contributed by atoms with Crippen LogP contribution in [0.2, 0.25) is 0 Å². The smallest absolute Gasteiger partial charge is 0.136 e. The third-order valence-corrected chi connectivity index (χ3v) is 3.18. The van der Waals surface area contributed by atoms with Gasteiger partial charge in [0.05, 0.1) is 6.33 Å². The third kappa shape index (κ3) is 3.01. The van der Waals surface area contributed by atoms with Crippen molar-refractivity contribution in [2.75, 3.05) is 24.2 Å². The Labute approximate surface area is 112 Å². The van der Waals surface area contributed by atoms with Gasteiger partial charge in [0.1, 0.15) is 17.5 Å². The summed E-state index contributed by atoms with van der Waals surface area (Å²) in [6, 6.07) is 1.94. The topological polar surface area (TPSA) is 67.7 Å². The van der Waals surface area contributed by atoms with Crippen molar-refractivity contribution in [3.63, 3.8) is 0 Å². The van der Waals surface area contributed by atoms with Crippen molar-refractivity contribution in [2.45, 2.75) is 25.3 Å². The highest BCUT2D eigenvalue weighted by atomic mass is 15.1. The monoisotopic (exact) mass is 258 g/mol. The summed E-state index contributed by atoms with van der Waals surface area (Å²) in [6.45, 7) is 1.69. The van der Waals surface area contributed by atoms with Crippen molar-refractivity contribution in [2.24, 2.45) is 0 Å². The van der Waals surface area contributed by atoms with Crippen molar-refractivity contribution in [1.82, 2.24) is 19.5 Å². The first-order valence-electron chi connectivity index (χ1n) is 6.61. The number of anilines is 2. The molecule has 2 N–H and O–H groups in total. The molecule has 0 amide bonds. The van der Waals surface area contributed by atoms with Gasteiger partial charge in [-0.2, -0.15) is 0 Å². The average molecular weight is 258 g/mol. The Morgan fingerprint density at radius 1 is 1.32 bits per heavy atom. The van der Waals surface area contributed by atoms with Crippen LogP contribution in [0.5, 0.6) is 0 Å². The molecule has 6 nitrogen and oxygen atoms in total. The SMILES string of the molecule is CNc1cc(NCCn2ccnc2)nc(C2CC2)n1. The van der Waals surface area contributed by atoms with Crippen LogP contribution < -0.4 is 10.6 Å². The third-order valence-electron chi connectivity index (χ3n) is 3.18. The number of imidazole rings is 1. The zero-order valence-corrected chi connectivity index (χ0v) is 11.0. The largest absolute Gasteiger partial charge is 0.373 e. The highest BCUT2D eigenvalue weighted by molar-refractivity contribution is 5.47. The van der Waals surface area contributed by atoms with Crippen LogP contribution in [0.3, 0.4) is 0 Å². The number of aromatic nitrogens is 4. The van der Waals surface area contributed by atoms with Crippen molar-refractivity contribution in [1.29, 1.82) is 0 Å². The Balaban J connectivity index is 1.64. The number of hydrogen-bond acceptors (Lipinski definition) is 5. The molecule has 1 saturated carbocycles. The second-order valence-electron chi connectivity index (χ2n) is 4.75. The van der Waals surface area contributed by atoms with Gasteiger partial charge in [-0.05, 0) is 12.8 Å². The Morgan fingerprint density at radius 3 is 2.84 bits per heavy atom. The predicted molar refractivity (Wildman–Crippen MR) is 74.3 cm³/mol. The van der Waals surface area contributed by atoms with Crippen LogP contribution in [-0.4, -0.2) is 33.1 Å². The molecule has 1 aliphatic carbocycles. The van der Waals surface area contributed by atoms with Gasteiger partial charge in [-0.25, -0.2) is 15.0 Å². The zero-order chi connectivity index (χ0) is 13.1. The molecule has 100 valence electrons. The molecule has 0 bridgehead atoms. The fourth-order valence-corrected chi connectivity index (χ4v) is 1.94. The van der Waals surface area contributed by atoms with E-state index >= 15 is 0 Å². The van der Waals surface area contributed by atoms with Gasteiger partial charge < -0.3 is 15.2 Å². The fourth-order valence-electron chi connectivity index (χ4n) is 1.94. The van der Waals surface area contributed by atoms with E-state index < -0.39 is 0 Å². The van der Waals surface area contributed by atoms with Gasteiger partial charge in [-0.1, -0.05) is 0 Å². The molecule has 6 heteroatoms. The van der Waals surface area contributed by atoms with Crippen LogP contribution in [0.25, 0.3) is 0 Å². The molecule has 0 saturated heterocycles. The van der Waals surface area contributed by atoms with E-state index in [1.54, 1.807) is 6.20 Å². The maximum Gasteiger partial charge on any atom is 0.136 e. The summed E-state index contributed by atoms with van der Waals surface area (Å²) in [5, 5.41) is 6.43. The molecule has 0 radical (unpaired) electrons. The van der Waals surface area contributed by atoms with Gasteiger partial charge in [0.15, 0.2) is 0 Å². The lowest BCUT2D eigenvalue weighted by Crippen LogP contribution is -2.11. The molecule has 2 aromatic rings. The maximum atomic E-state index is 4.58. The van der Waals surface area contributed by atoms with Crippen molar-refractivity contribution in [3.05, 3.63) is 30.6 Å². The zero-order valence-electron chi connectivity index (χ0n) is 11.0. The summed E-state index contributed by atoms with van der Waals surface area (Å²) in [6.07, 6.45) is 7.98. The summed E-state index contributed by atoms with van der Waals surface area (Å²) < 4.78 is 2.04. The van der Waals surface area contributed by atoms with E-state index in [0.29, 0.717) is 5.92 Å². The van der Waals surface area contributed by atoms with Crippen LogP contribution >= 0.6 is 0 Å². The molecule has 2 heterocycles. The first-order valence-corrected chi connectivity index (χ1v) is 6.61. The van der Waals surface area contributed by atoms with Gasteiger partial charge in [-0.3, -0.25) is 0 Å². The quantitative estimate of drug-likeness (QED) is 0.825. The summed E-state index contributed by atoms with van der Waals surface area (Å²) in [4.78, 5) is 13.1. The fraction of sp³-hybridized carbons (Fsp3) is 0.462. The predicted octanol–water partition coefficient (Wildman–Crippen LogP) is 1.70. The first kappa shape index (κ1) is 12.0. The van der Waals surface area contributed by atoms with E-state index in [9.17, 15) is 0 Å². The number of nitrogens with zero attached hydrogens (tertiary/aromatic N) is 4. The number of rotatable bonds is 6. The Kier molecular flexibility index (Phi) is 3.31. The number of hydrogen-bond donors (Lipinski definition) is 2. The van der Waals surface area contributed by atoms with Crippen LogP contribution in [-0.2, 0) is 6.54 Å². The minimum Gasteiger partial charge on any atom is -0.373 e. The molecule has 0 unspecified atom stereocenters. The minimum atomic E-state index is 0.558. The molecule has 0 aliphatic heterocycles. The van der Waals surface area contributed by atoms with Crippen LogP contribution in [0, 0.1) is 0 Å². The molecule has 0 aromatic carbocycles. The standard InChI is InChI=1S/C13H18N6/c1-14-11-8-12(18-13(17-11)10-2-3-10)16-5-7-19-6-4-15-9-19/h4,6,8-10H,2-3,5,7H2,1H3,(H2,14,16,17,18). The van der Waals surface area contributed by atoms with E-state index in [1.807, 2.05) is 30.2 Å². The summed E-state index contributed by atoms with van der Waals surface area (Å²) in [5.74, 6) is 3.28. The van der Waals surface area contributed by atoms with Crippen LogP contribution in [0.4, 0.5) is 11.6 Å². The maximum absolute atomic E-state index is 4.58. The van der Waals surface area contributed by atoms with Crippen molar-refractivity contribution < 1.29 is 0 Å². The number of nitrogens with one attached hydrogen (secondary N) is 2. The van der Waals surface area contributed by atoms with Crippen molar-refractivity contribution >= 4 is 11.6 Å². The molecule has 2 aromatic heterocycles. The Morgan fingerprint density at radius 2 is 2.16 bits per heavy atom. The highest BCUT2D eigenvalue weighted by Crippen LogP contribution is 2.38. The summed E-state index contributed by atoms with van der Waals surface area (Å²) >= 11 is 0. The molecule has 19 heavy (non-hydrogen) atoms. The lowest BCUT2D eigenvalue weighted by molar-refractivity contribution is 0.724. The van der Waals surface area contributed by atoms with E-state index in [0.717, 1.165) is 30.5 Å². The van der Waals surface area contributed by atoms with Gasteiger partial charge in [0.25, 0.3) is 0 Å². The Hall–Kier alpha value is -2.11. The minimum absolute atomic E-state index is 0.558. The summed E-state index contributed by atoms with van der Waals surface area (Å²) in [7, 11) is 1.88. The summed E-state index contributed by atoms with van der Waals surface area (Å²) in [5.41, 5.74) is 0. The Bertz CT molecular complexity index is 532. The van der Waals surface area contributed by atoms with Gasteiger partial charge in [0.2, 0.25) is 0 Å². The molecule has 3 rings (SSSR count). The second-order valence-corrected chi connectivity index (χ2v) is 4.75. The normalized spacial score (nSPS) is 14.4. The van der Waals surface area contributed by atoms with Gasteiger partial charge >= 0.3 is 0 Å². The van der Waals surface area contributed by atoms with E-state index in [2.05, 4.69) is 25.6 Å². The van der Waals surface area contributed by atoms with Crippen LogP contribution in [0.1, 0.15) is 24.6 Å². The van der Waals surface area contributed by atoms with E-state index in [1.165, 1.54) is 12.8 Å². The molecule has 0 atom stereocenters. The molecule has 0 spiro atoms. The van der Waals surface area contributed by atoms with Gasteiger partial charge in [-0.15, -0.1) is 0 Å². The highest BCUT2D eigenvalue weighted by Gasteiger charge is 2.27. The van der Waals surface area contributed by atoms with Crippen LogP contribution in [0.15, 0.2) is 24.8 Å². The molecule has 1 aliphatic rings. The van der Waals surface area contributed by atoms with E-state index in [4.69, 9.17) is 0 Å². The lowest BCUT2D eigenvalue weighted by atomic mass is 10.3.